The molecule has 0 saturated carbocycles. The lowest BCUT2D eigenvalue weighted by Gasteiger charge is -2.24. The van der Waals surface area contributed by atoms with Crippen molar-refractivity contribution in [1.29, 1.82) is 0 Å². The van der Waals surface area contributed by atoms with Gasteiger partial charge in [-0.3, -0.25) is 10.1 Å². The number of nitrogens with one attached hydrogen (secondary N) is 1. The van der Waals surface area contributed by atoms with Crippen LogP contribution in [0.5, 0.6) is 0 Å². The molecule has 1 aliphatic rings. The summed E-state index contributed by atoms with van der Waals surface area (Å²) in [6.45, 7) is 4.98. The Hall–Kier alpha value is -1.06. The van der Waals surface area contributed by atoms with Crippen molar-refractivity contribution in [3.8, 4) is 0 Å². The van der Waals surface area contributed by atoms with Gasteiger partial charge in [-0.25, -0.2) is 0 Å². The predicted octanol–water partition coefficient (Wildman–Crippen LogP) is 3.35. The average Bonchev–Trinajstić information content (AvgIpc) is 2.69. The molecule has 1 saturated heterocycles. The van der Waals surface area contributed by atoms with Gasteiger partial charge in [0.05, 0.1) is 6.04 Å². The van der Waals surface area contributed by atoms with E-state index in [1.165, 1.54) is 0 Å². The number of rotatable bonds is 5. The maximum absolute atomic E-state index is 12.4. The van der Waals surface area contributed by atoms with Crippen LogP contribution in [0.3, 0.4) is 0 Å². The van der Waals surface area contributed by atoms with Gasteiger partial charge >= 0.3 is 0 Å². The number of carbonyl (C=O) groups excluding carboxylic acids is 1. The van der Waals surface area contributed by atoms with E-state index in [2.05, 4.69) is 19.2 Å². The first-order valence-electron chi connectivity index (χ1n) is 6.99. The number of halogens is 1. The molecule has 0 spiro atoms. The molecular formula is C15H21ClN2O. The summed E-state index contributed by atoms with van der Waals surface area (Å²) in [4.78, 5) is 14.3. The van der Waals surface area contributed by atoms with Gasteiger partial charge in [0, 0.05) is 11.6 Å². The monoisotopic (exact) mass is 280 g/mol. The van der Waals surface area contributed by atoms with Crippen LogP contribution in [0.25, 0.3) is 0 Å². The molecule has 0 aromatic heterocycles. The minimum absolute atomic E-state index is 0.0392. The standard InChI is InChI=1S/C15H21ClN2O/c1-3-6-13-15(19)18(9-4-2)14(17-13)11-7-5-8-12(16)10-11/h5,7-8,10,13-14,17H,3-4,6,9H2,1-2H3. The third-order valence-corrected chi connectivity index (χ3v) is 3.69. The molecule has 0 radical (unpaired) electrons. The Labute approximate surface area is 119 Å². The van der Waals surface area contributed by atoms with E-state index in [0.29, 0.717) is 5.02 Å². The summed E-state index contributed by atoms with van der Waals surface area (Å²) in [5.41, 5.74) is 1.06. The fourth-order valence-electron chi connectivity index (χ4n) is 2.61. The smallest absolute Gasteiger partial charge is 0.241 e. The van der Waals surface area contributed by atoms with Crippen LogP contribution in [0.15, 0.2) is 24.3 Å². The molecule has 3 nitrogen and oxygen atoms in total. The third kappa shape index (κ3) is 3.10. The highest BCUT2D eigenvalue weighted by atomic mass is 35.5. The highest BCUT2D eigenvalue weighted by Gasteiger charge is 2.38. The van der Waals surface area contributed by atoms with E-state index in [-0.39, 0.29) is 18.1 Å². The second-order valence-electron chi connectivity index (χ2n) is 5.00. The van der Waals surface area contributed by atoms with E-state index >= 15 is 0 Å². The Kier molecular flexibility index (Phi) is 4.83. The fourth-order valence-corrected chi connectivity index (χ4v) is 2.81. The second kappa shape index (κ2) is 6.40. The summed E-state index contributed by atoms with van der Waals surface area (Å²) in [6, 6.07) is 7.69. The number of hydrogen-bond acceptors (Lipinski definition) is 2. The van der Waals surface area contributed by atoms with Crippen LogP contribution in [0.4, 0.5) is 0 Å². The number of nitrogens with zero attached hydrogens (tertiary/aromatic N) is 1. The van der Waals surface area contributed by atoms with E-state index in [0.717, 1.165) is 31.4 Å². The maximum atomic E-state index is 12.4. The molecule has 2 atom stereocenters. The second-order valence-corrected chi connectivity index (χ2v) is 5.43. The van der Waals surface area contributed by atoms with Crippen molar-refractivity contribution in [2.45, 2.75) is 45.3 Å². The van der Waals surface area contributed by atoms with E-state index in [9.17, 15) is 4.79 Å². The fraction of sp³-hybridized carbons (Fsp3) is 0.533. The van der Waals surface area contributed by atoms with Crippen molar-refractivity contribution >= 4 is 17.5 Å². The molecule has 4 heteroatoms. The van der Waals surface area contributed by atoms with E-state index in [1.807, 2.05) is 29.2 Å². The van der Waals surface area contributed by atoms with Crippen molar-refractivity contribution < 1.29 is 4.79 Å². The SMILES string of the molecule is CCCC1NC(c2cccc(Cl)c2)N(CCC)C1=O. The summed E-state index contributed by atoms with van der Waals surface area (Å²) in [7, 11) is 0. The van der Waals surface area contributed by atoms with Gasteiger partial charge in [-0.1, -0.05) is 44.0 Å². The summed E-state index contributed by atoms with van der Waals surface area (Å²) in [5, 5.41) is 4.15. The van der Waals surface area contributed by atoms with Gasteiger partial charge in [-0.2, -0.15) is 0 Å². The van der Waals surface area contributed by atoms with Crippen LogP contribution < -0.4 is 5.32 Å². The van der Waals surface area contributed by atoms with Crippen molar-refractivity contribution in [1.82, 2.24) is 10.2 Å². The largest absolute Gasteiger partial charge is 0.322 e. The minimum Gasteiger partial charge on any atom is -0.322 e. The normalized spacial score (nSPS) is 23.1. The molecule has 1 fully saturated rings. The summed E-state index contributed by atoms with van der Waals surface area (Å²) in [6.07, 6.45) is 2.81. The van der Waals surface area contributed by atoms with Gasteiger partial charge in [-0.05, 0) is 30.5 Å². The Morgan fingerprint density at radius 3 is 2.74 bits per heavy atom. The van der Waals surface area contributed by atoms with E-state index < -0.39 is 0 Å². The van der Waals surface area contributed by atoms with Crippen molar-refractivity contribution in [2.24, 2.45) is 0 Å². The minimum atomic E-state index is -0.0551. The average molecular weight is 281 g/mol. The quantitative estimate of drug-likeness (QED) is 0.897. The highest BCUT2D eigenvalue weighted by Crippen LogP contribution is 2.28. The molecule has 1 N–H and O–H groups in total. The van der Waals surface area contributed by atoms with Gasteiger partial charge in [0.1, 0.15) is 6.17 Å². The zero-order valence-electron chi connectivity index (χ0n) is 11.5. The Morgan fingerprint density at radius 2 is 2.11 bits per heavy atom. The van der Waals surface area contributed by atoms with Crippen molar-refractivity contribution in [3.05, 3.63) is 34.9 Å². The molecule has 1 aromatic carbocycles. The first-order valence-corrected chi connectivity index (χ1v) is 7.37. The van der Waals surface area contributed by atoms with Gasteiger partial charge in [0.2, 0.25) is 5.91 Å². The van der Waals surface area contributed by atoms with Gasteiger partial charge in [0.25, 0.3) is 0 Å². The van der Waals surface area contributed by atoms with Crippen LogP contribution in [-0.2, 0) is 4.79 Å². The third-order valence-electron chi connectivity index (χ3n) is 3.46. The predicted molar refractivity (Wildman–Crippen MR) is 78.0 cm³/mol. The summed E-state index contributed by atoms with van der Waals surface area (Å²) in [5.74, 6) is 0.216. The molecule has 2 rings (SSSR count). The summed E-state index contributed by atoms with van der Waals surface area (Å²) < 4.78 is 0. The maximum Gasteiger partial charge on any atom is 0.241 e. The zero-order chi connectivity index (χ0) is 13.8. The summed E-state index contributed by atoms with van der Waals surface area (Å²) >= 11 is 6.05. The van der Waals surface area contributed by atoms with Gasteiger partial charge < -0.3 is 4.90 Å². The molecule has 1 heterocycles. The van der Waals surface area contributed by atoms with Crippen LogP contribution in [0, 0.1) is 0 Å². The Morgan fingerprint density at radius 1 is 1.32 bits per heavy atom. The molecule has 0 bridgehead atoms. The van der Waals surface area contributed by atoms with Gasteiger partial charge in [-0.15, -0.1) is 0 Å². The molecule has 1 aromatic rings. The van der Waals surface area contributed by atoms with E-state index in [4.69, 9.17) is 11.6 Å². The highest BCUT2D eigenvalue weighted by molar-refractivity contribution is 6.30. The zero-order valence-corrected chi connectivity index (χ0v) is 12.3. The lowest BCUT2D eigenvalue weighted by Crippen LogP contribution is -2.31. The number of carbonyl (C=O) groups is 1. The lowest BCUT2D eigenvalue weighted by atomic mass is 10.1. The molecular weight excluding hydrogens is 260 g/mol. The molecule has 19 heavy (non-hydrogen) atoms. The first kappa shape index (κ1) is 14.4. The topological polar surface area (TPSA) is 32.3 Å². The molecule has 104 valence electrons. The number of hydrogen-bond donors (Lipinski definition) is 1. The molecule has 0 aliphatic carbocycles. The molecule has 2 unspecified atom stereocenters. The Balaban J connectivity index is 2.24. The van der Waals surface area contributed by atoms with E-state index in [1.54, 1.807) is 0 Å². The van der Waals surface area contributed by atoms with Crippen LogP contribution in [0.2, 0.25) is 5.02 Å². The van der Waals surface area contributed by atoms with Crippen LogP contribution in [0.1, 0.15) is 44.8 Å². The number of benzene rings is 1. The van der Waals surface area contributed by atoms with Crippen molar-refractivity contribution in [2.75, 3.05) is 6.54 Å². The van der Waals surface area contributed by atoms with Crippen LogP contribution in [-0.4, -0.2) is 23.4 Å². The first-order chi connectivity index (χ1) is 9.17. The van der Waals surface area contributed by atoms with Crippen molar-refractivity contribution in [3.63, 3.8) is 0 Å². The number of amides is 1. The molecule has 1 amide bonds. The van der Waals surface area contributed by atoms with Gasteiger partial charge in [0.15, 0.2) is 0 Å². The Bertz CT molecular complexity index is 450. The molecule has 1 aliphatic heterocycles. The van der Waals surface area contributed by atoms with Crippen LogP contribution >= 0.6 is 11.6 Å². The lowest BCUT2D eigenvalue weighted by molar-refractivity contribution is -0.130.